The first kappa shape index (κ1) is 17.2. The van der Waals surface area contributed by atoms with Gasteiger partial charge in [0.05, 0.1) is 31.0 Å². The Morgan fingerprint density at radius 3 is 2.88 bits per heavy atom. The molecule has 0 bridgehead atoms. The van der Waals surface area contributed by atoms with Gasteiger partial charge in [-0.25, -0.2) is 4.68 Å². The SMILES string of the molecule is CC1CN(C(=O)COC(=O)Cc2cnn(-c3ccccc3)c2)CCO1. The van der Waals surface area contributed by atoms with Crippen molar-refractivity contribution >= 4 is 11.9 Å². The van der Waals surface area contributed by atoms with Crippen LogP contribution in [0.1, 0.15) is 12.5 Å². The van der Waals surface area contributed by atoms with Crippen molar-refractivity contribution in [3.63, 3.8) is 0 Å². The zero-order valence-electron chi connectivity index (χ0n) is 14.1. The van der Waals surface area contributed by atoms with E-state index in [1.807, 2.05) is 37.3 Å². The third kappa shape index (κ3) is 4.67. The molecule has 1 amide bonds. The van der Waals surface area contributed by atoms with Crippen LogP contribution in [0.5, 0.6) is 0 Å². The molecule has 0 N–H and O–H groups in total. The largest absolute Gasteiger partial charge is 0.455 e. The van der Waals surface area contributed by atoms with E-state index in [9.17, 15) is 9.59 Å². The average Bonchev–Trinajstić information content (AvgIpc) is 3.09. The lowest BCUT2D eigenvalue weighted by molar-refractivity contribution is -0.154. The second-order valence-electron chi connectivity index (χ2n) is 5.99. The Hall–Kier alpha value is -2.67. The summed E-state index contributed by atoms with van der Waals surface area (Å²) in [6.07, 6.45) is 3.50. The molecule has 1 aromatic heterocycles. The number of hydrogen-bond acceptors (Lipinski definition) is 5. The fourth-order valence-electron chi connectivity index (χ4n) is 2.67. The van der Waals surface area contributed by atoms with Gasteiger partial charge in [-0.2, -0.15) is 5.10 Å². The number of rotatable bonds is 5. The van der Waals surface area contributed by atoms with Crippen molar-refractivity contribution in [1.29, 1.82) is 0 Å². The Labute approximate surface area is 146 Å². The first-order valence-electron chi connectivity index (χ1n) is 8.26. The summed E-state index contributed by atoms with van der Waals surface area (Å²) in [5.41, 5.74) is 1.65. The van der Waals surface area contributed by atoms with Crippen LogP contribution in [0, 0.1) is 0 Å². The number of esters is 1. The van der Waals surface area contributed by atoms with Gasteiger partial charge in [0.25, 0.3) is 5.91 Å². The first-order chi connectivity index (χ1) is 12.1. The molecule has 0 saturated carbocycles. The van der Waals surface area contributed by atoms with E-state index < -0.39 is 5.97 Å². The maximum atomic E-state index is 12.1. The molecule has 1 aliphatic rings. The number of carbonyl (C=O) groups excluding carboxylic acids is 2. The molecule has 0 aliphatic carbocycles. The minimum Gasteiger partial charge on any atom is -0.455 e. The van der Waals surface area contributed by atoms with Crippen LogP contribution in [0.25, 0.3) is 5.69 Å². The summed E-state index contributed by atoms with van der Waals surface area (Å²) in [5.74, 6) is -0.634. The third-order valence-electron chi connectivity index (χ3n) is 3.96. The van der Waals surface area contributed by atoms with E-state index in [0.717, 1.165) is 11.3 Å². The van der Waals surface area contributed by atoms with Crippen LogP contribution in [0.4, 0.5) is 0 Å². The lowest BCUT2D eigenvalue weighted by Crippen LogP contribution is -2.46. The van der Waals surface area contributed by atoms with Crippen molar-refractivity contribution in [3.05, 3.63) is 48.3 Å². The average molecular weight is 343 g/mol. The number of carbonyl (C=O) groups is 2. The third-order valence-corrected chi connectivity index (χ3v) is 3.96. The maximum absolute atomic E-state index is 12.1. The standard InChI is InChI=1S/C18H21N3O4/c1-14-11-20(7-8-24-14)17(22)13-25-18(23)9-15-10-19-21(12-15)16-5-3-2-4-6-16/h2-6,10,12,14H,7-9,11,13H2,1H3. The number of ether oxygens (including phenoxy) is 2. The fourth-order valence-corrected chi connectivity index (χ4v) is 2.67. The highest BCUT2D eigenvalue weighted by molar-refractivity contribution is 5.81. The summed E-state index contributed by atoms with van der Waals surface area (Å²) >= 11 is 0. The summed E-state index contributed by atoms with van der Waals surface area (Å²) in [5, 5.41) is 4.24. The summed E-state index contributed by atoms with van der Waals surface area (Å²) in [6.45, 7) is 3.25. The molecule has 2 aromatic rings. The van der Waals surface area contributed by atoms with Gasteiger partial charge >= 0.3 is 5.97 Å². The van der Waals surface area contributed by atoms with Crippen LogP contribution in [0.2, 0.25) is 0 Å². The minimum atomic E-state index is -0.442. The lowest BCUT2D eigenvalue weighted by atomic mass is 10.2. The highest BCUT2D eigenvalue weighted by atomic mass is 16.5. The van der Waals surface area contributed by atoms with Gasteiger partial charge in [0.15, 0.2) is 6.61 Å². The second kappa shape index (κ2) is 7.94. The molecule has 2 heterocycles. The molecule has 1 saturated heterocycles. The van der Waals surface area contributed by atoms with Gasteiger partial charge < -0.3 is 14.4 Å². The van der Waals surface area contributed by atoms with Gasteiger partial charge in [-0.05, 0) is 19.1 Å². The van der Waals surface area contributed by atoms with Gasteiger partial charge in [-0.3, -0.25) is 9.59 Å². The smallest absolute Gasteiger partial charge is 0.310 e. The monoisotopic (exact) mass is 343 g/mol. The molecule has 1 unspecified atom stereocenters. The molecule has 1 aliphatic heterocycles. The molecule has 1 fully saturated rings. The Morgan fingerprint density at radius 1 is 1.32 bits per heavy atom. The van der Waals surface area contributed by atoms with E-state index in [-0.39, 0.29) is 25.0 Å². The molecule has 0 radical (unpaired) electrons. The van der Waals surface area contributed by atoms with Crippen LogP contribution in [-0.4, -0.2) is 59.0 Å². The molecule has 7 heteroatoms. The molecule has 3 rings (SSSR count). The predicted octanol–water partition coefficient (Wildman–Crippen LogP) is 1.21. The second-order valence-corrected chi connectivity index (χ2v) is 5.99. The Bertz CT molecular complexity index is 729. The fraction of sp³-hybridized carbons (Fsp3) is 0.389. The number of aromatic nitrogens is 2. The Morgan fingerprint density at radius 2 is 2.12 bits per heavy atom. The first-order valence-corrected chi connectivity index (χ1v) is 8.26. The molecule has 0 spiro atoms. The summed E-state index contributed by atoms with van der Waals surface area (Å²) < 4.78 is 12.2. The quantitative estimate of drug-likeness (QED) is 0.763. The van der Waals surface area contributed by atoms with Crippen molar-refractivity contribution in [1.82, 2.24) is 14.7 Å². The maximum Gasteiger partial charge on any atom is 0.310 e. The van der Waals surface area contributed by atoms with E-state index in [1.165, 1.54) is 0 Å². The number of hydrogen-bond donors (Lipinski definition) is 0. The van der Waals surface area contributed by atoms with Gasteiger partial charge in [-0.15, -0.1) is 0 Å². The zero-order valence-corrected chi connectivity index (χ0v) is 14.1. The molecule has 25 heavy (non-hydrogen) atoms. The van der Waals surface area contributed by atoms with Crippen molar-refractivity contribution in [2.24, 2.45) is 0 Å². The molecule has 1 atom stereocenters. The normalized spacial score (nSPS) is 17.3. The van der Waals surface area contributed by atoms with E-state index in [2.05, 4.69) is 5.10 Å². The van der Waals surface area contributed by atoms with E-state index >= 15 is 0 Å². The minimum absolute atomic E-state index is 0.0113. The van der Waals surface area contributed by atoms with Crippen LogP contribution in [0.3, 0.4) is 0 Å². The number of amides is 1. The van der Waals surface area contributed by atoms with Crippen LogP contribution in [-0.2, 0) is 25.5 Å². The molecular formula is C18H21N3O4. The lowest BCUT2D eigenvalue weighted by Gasteiger charge is -2.30. The highest BCUT2D eigenvalue weighted by Crippen LogP contribution is 2.09. The highest BCUT2D eigenvalue weighted by Gasteiger charge is 2.22. The van der Waals surface area contributed by atoms with Crippen LogP contribution >= 0.6 is 0 Å². The molecule has 1 aromatic carbocycles. The predicted molar refractivity (Wildman–Crippen MR) is 90.2 cm³/mol. The number of para-hydroxylation sites is 1. The summed E-state index contributed by atoms with van der Waals surface area (Å²) in [6, 6.07) is 9.62. The van der Waals surface area contributed by atoms with Gasteiger partial charge in [0.2, 0.25) is 0 Å². The van der Waals surface area contributed by atoms with Crippen molar-refractivity contribution in [2.75, 3.05) is 26.3 Å². The van der Waals surface area contributed by atoms with E-state index in [1.54, 1.807) is 22.0 Å². The number of morpholine rings is 1. The van der Waals surface area contributed by atoms with Crippen molar-refractivity contribution in [3.8, 4) is 5.69 Å². The summed E-state index contributed by atoms with van der Waals surface area (Å²) in [4.78, 5) is 25.7. The topological polar surface area (TPSA) is 73.7 Å². The number of nitrogens with zero attached hydrogens (tertiary/aromatic N) is 3. The zero-order chi connectivity index (χ0) is 17.6. The molecule has 132 valence electrons. The van der Waals surface area contributed by atoms with Crippen molar-refractivity contribution < 1.29 is 19.1 Å². The van der Waals surface area contributed by atoms with Gasteiger partial charge in [0.1, 0.15) is 0 Å². The molecule has 7 nitrogen and oxygen atoms in total. The summed E-state index contributed by atoms with van der Waals surface area (Å²) in [7, 11) is 0. The van der Waals surface area contributed by atoms with Gasteiger partial charge in [-0.1, -0.05) is 18.2 Å². The van der Waals surface area contributed by atoms with Crippen LogP contribution < -0.4 is 0 Å². The van der Waals surface area contributed by atoms with E-state index in [0.29, 0.717) is 19.7 Å². The van der Waals surface area contributed by atoms with Crippen LogP contribution in [0.15, 0.2) is 42.7 Å². The Kier molecular flexibility index (Phi) is 5.45. The van der Waals surface area contributed by atoms with E-state index in [4.69, 9.17) is 9.47 Å². The Balaban J connectivity index is 1.48. The van der Waals surface area contributed by atoms with Crippen molar-refractivity contribution in [2.45, 2.75) is 19.4 Å². The van der Waals surface area contributed by atoms with Gasteiger partial charge in [0, 0.05) is 24.8 Å². The number of benzene rings is 1. The molecular weight excluding hydrogens is 322 g/mol.